The molecule has 33 heavy (non-hydrogen) atoms. The van der Waals surface area contributed by atoms with Crippen molar-refractivity contribution >= 4 is 23.4 Å². The van der Waals surface area contributed by atoms with E-state index in [0.29, 0.717) is 28.3 Å². The number of carbonyl (C=O) groups excluding carboxylic acids is 3. The second kappa shape index (κ2) is 9.86. The molecule has 3 aromatic carbocycles. The molecule has 8 heteroatoms. The minimum Gasteiger partial charge on any atom is -0.454 e. The normalized spacial score (nSPS) is 12.5. The second-order valence-electron chi connectivity index (χ2n) is 7.49. The van der Waals surface area contributed by atoms with Gasteiger partial charge in [-0.15, -0.1) is 0 Å². The molecule has 0 saturated carbocycles. The molecule has 3 amide bonds. The zero-order valence-electron chi connectivity index (χ0n) is 18.0. The van der Waals surface area contributed by atoms with Gasteiger partial charge in [-0.2, -0.15) is 0 Å². The molecule has 1 aliphatic rings. The molecule has 1 aliphatic heterocycles. The smallest absolute Gasteiger partial charge is 0.255 e. The summed E-state index contributed by atoms with van der Waals surface area (Å²) >= 11 is 0. The van der Waals surface area contributed by atoms with Crippen molar-refractivity contribution in [2.45, 2.75) is 13.0 Å². The summed E-state index contributed by atoms with van der Waals surface area (Å²) < 4.78 is 10.5. The van der Waals surface area contributed by atoms with Crippen LogP contribution in [0.2, 0.25) is 0 Å². The van der Waals surface area contributed by atoms with Gasteiger partial charge < -0.3 is 25.4 Å². The molecule has 0 aromatic heterocycles. The van der Waals surface area contributed by atoms with E-state index < -0.39 is 0 Å². The van der Waals surface area contributed by atoms with Crippen molar-refractivity contribution < 1.29 is 23.9 Å². The average molecular weight is 445 g/mol. The first-order chi connectivity index (χ1) is 16.0. The molecular weight excluding hydrogens is 422 g/mol. The molecule has 3 aromatic rings. The van der Waals surface area contributed by atoms with Crippen LogP contribution >= 0.6 is 0 Å². The zero-order chi connectivity index (χ0) is 23.2. The molecule has 0 aliphatic carbocycles. The number of hydrogen-bond donors (Lipinski definition) is 3. The largest absolute Gasteiger partial charge is 0.454 e. The number of hydrogen-bond acceptors (Lipinski definition) is 5. The van der Waals surface area contributed by atoms with Gasteiger partial charge in [-0.1, -0.05) is 30.3 Å². The van der Waals surface area contributed by atoms with Crippen molar-refractivity contribution in [2.24, 2.45) is 0 Å². The predicted octanol–water partition coefficient (Wildman–Crippen LogP) is 3.27. The van der Waals surface area contributed by atoms with Gasteiger partial charge in [0.1, 0.15) is 0 Å². The highest BCUT2D eigenvalue weighted by atomic mass is 16.7. The Hall–Kier alpha value is -4.33. The topological polar surface area (TPSA) is 106 Å². The predicted molar refractivity (Wildman–Crippen MR) is 122 cm³/mol. The Kier molecular flexibility index (Phi) is 6.54. The molecule has 1 unspecified atom stereocenters. The Morgan fingerprint density at radius 1 is 0.848 bits per heavy atom. The number of rotatable bonds is 7. The molecule has 0 saturated heterocycles. The summed E-state index contributed by atoms with van der Waals surface area (Å²) in [6.45, 7) is 1.77. The summed E-state index contributed by atoms with van der Waals surface area (Å²) in [6, 6.07) is 20.7. The number of benzene rings is 3. The fourth-order valence-electron chi connectivity index (χ4n) is 3.35. The lowest BCUT2D eigenvalue weighted by Crippen LogP contribution is -2.38. The lowest BCUT2D eigenvalue weighted by atomic mass is 10.1. The number of carbonyl (C=O) groups is 3. The molecule has 0 bridgehead atoms. The van der Waals surface area contributed by atoms with E-state index in [9.17, 15) is 14.4 Å². The van der Waals surface area contributed by atoms with Crippen LogP contribution in [-0.2, 0) is 4.79 Å². The molecule has 1 atom stereocenters. The van der Waals surface area contributed by atoms with E-state index >= 15 is 0 Å². The first kappa shape index (κ1) is 21.9. The van der Waals surface area contributed by atoms with Crippen molar-refractivity contribution in [1.29, 1.82) is 0 Å². The van der Waals surface area contributed by atoms with Crippen LogP contribution in [-0.4, -0.2) is 31.1 Å². The Labute approximate surface area is 190 Å². The summed E-state index contributed by atoms with van der Waals surface area (Å²) in [5, 5.41) is 8.30. The molecular formula is C25H23N3O5. The Morgan fingerprint density at radius 2 is 1.64 bits per heavy atom. The van der Waals surface area contributed by atoms with Crippen LogP contribution in [0, 0.1) is 0 Å². The van der Waals surface area contributed by atoms with Gasteiger partial charge in [0.05, 0.1) is 12.6 Å². The minimum absolute atomic E-state index is 0.123. The van der Waals surface area contributed by atoms with Crippen LogP contribution in [0.3, 0.4) is 0 Å². The summed E-state index contributed by atoms with van der Waals surface area (Å²) in [6.07, 6.45) is 0. The lowest BCUT2D eigenvalue weighted by Gasteiger charge is -2.16. The van der Waals surface area contributed by atoms with E-state index in [4.69, 9.17) is 9.47 Å². The fraction of sp³-hybridized carbons (Fsp3) is 0.160. The Morgan fingerprint density at radius 3 is 2.45 bits per heavy atom. The Bertz CT molecular complexity index is 1180. The molecule has 8 nitrogen and oxygen atoms in total. The van der Waals surface area contributed by atoms with Crippen LogP contribution in [0.5, 0.6) is 11.5 Å². The second-order valence-corrected chi connectivity index (χ2v) is 7.49. The van der Waals surface area contributed by atoms with Crippen molar-refractivity contribution in [3.63, 3.8) is 0 Å². The van der Waals surface area contributed by atoms with Crippen molar-refractivity contribution in [2.75, 3.05) is 18.7 Å². The van der Waals surface area contributed by atoms with Gasteiger partial charge >= 0.3 is 0 Å². The number of anilines is 1. The monoisotopic (exact) mass is 445 g/mol. The third kappa shape index (κ3) is 5.48. The van der Waals surface area contributed by atoms with Crippen molar-refractivity contribution in [3.05, 3.63) is 89.5 Å². The quantitative estimate of drug-likeness (QED) is 0.518. The molecule has 1 heterocycles. The lowest BCUT2D eigenvalue weighted by molar-refractivity contribution is -0.120. The molecule has 3 N–H and O–H groups in total. The van der Waals surface area contributed by atoms with Crippen LogP contribution in [0.4, 0.5) is 5.69 Å². The van der Waals surface area contributed by atoms with Crippen LogP contribution < -0.4 is 25.4 Å². The van der Waals surface area contributed by atoms with E-state index in [2.05, 4.69) is 16.0 Å². The van der Waals surface area contributed by atoms with Gasteiger partial charge in [0, 0.05) is 16.8 Å². The van der Waals surface area contributed by atoms with E-state index in [0.717, 1.165) is 5.56 Å². The maximum absolute atomic E-state index is 12.4. The third-order valence-electron chi connectivity index (χ3n) is 5.10. The van der Waals surface area contributed by atoms with Gasteiger partial charge in [0.25, 0.3) is 11.8 Å². The van der Waals surface area contributed by atoms with Crippen molar-refractivity contribution in [1.82, 2.24) is 10.6 Å². The van der Waals surface area contributed by atoms with E-state index in [1.807, 2.05) is 19.1 Å². The standard InChI is InChI=1S/C25H23N3O5/c1-16(18-8-5-9-20(12-18)28-25(31)17-6-3-2-4-7-17)27-23(29)14-26-24(30)19-10-11-21-22(13-19)33-15-32-21/h2-13,16H,14-15H2,1H3,(H,26,30)(H,27,29)(H,28,31). The molecule has 0 radical (unpaired) electrons. The number of fused-ring (bicyclic) bond motifs is 1. The molecule has 0 fully saturated rings. The summed E-state index contributed by atoms with van der Waals surface area (Å²) in [5.74, 6) is 0.146. The van der Waals surface area contributed by atoms with Gasteiger partial charge in [-0.05, 0) is 55.0 Å². The minimum atomic E-state index is -0.387. The van der Waals surface area contributed by atoms with E-state index in [-0.39, 0.29) is 37.1 Å². The SMILES string of the molecule is CC(NC(=O)CNC(=O)c1ccc2c(c1)OCO2)c1cccc(NC(=O)c2ccccc2)c1. The zero-order valence-corrected chi connectivity index (χ0v) is 18.0. The summed E-state index contributed by atoms with van der Waals surface area (Å²) in [5.41, 5.74) is 2.37. The highest BCUT2D eigenvalue weighted by molar-refractivity contribution is 6.04. The third-order valence-corrected chi connectivity index (χ3v) is 5.10. The number of ether oxygens (including phenoxy) is 2. The maximum atomic E-state index is 12.4. The van der Waals surface area contributed by atoms with Crippen LogP contribution in [0.1, 0.15) is 39.2 Å². The highest BCUT2D eigenvalue weighted by Crippen LogP contribution is 2.32. The summed E-state index contributed by atoms with van der Waals surface area (Å²) in [7, 11) is 0. The van der Waals surface area contributed by atoms with Crippen molar-refractivity contribution in [3.8, 4) is 11.5 Å². The van der Waals surface area contributed by atoms with E-state index in [1.165, 1.54) is 0 Å². The van der Waals surface area contributed by atoms with Gasteiger partial charge in [-0.3, -0.25) is 14.4 Å². The highest BCUT2D eigenvalue weighted by Gasteiger charge is 2.17. The molecule has 4 rings (SSSR count). The molecule has 0 spiro atoms. The average Bonchev–Trinajstić information content (AvgIpc) is 3.31. The first-order valence-corrected chi connectivity index (χ1v) is 10.4. The van der Waals surface area contributed by atoms with Crippen LogP contribution in [0.25, 0.3) is 0 Å². The van der Waals surface area contributed by atoms with Crippen LogP contribution in [0.15, 0.2) is 72.8 Å². The summed E-state index contributed by atoms with van der Waals surface area (Å²) in [4.78, 5) is 37.1. The first-order valence-electron chi connectivity index (χ1n) is 10.4. The fourth-order valence-corrected chi connectivity index (χ4v) is 3.35. The Balaban J connectivity index is 1.30. The van der Waals surface area contributed by atoms with Gasteiger partial charge in [0.15, 0.2) is 11.5 Å². The number of amides is 3. The molecule has 168 valence electrons. The van der Waals surface area contributed by atoms with Gasteiger partial charge in [-0.25, -0.2) is 0 Å². The van der Waals surface area contributed by atoms with Gasteiger partial charge in [0.2, 0.25) is 12.7 Å². The maximum Gasteiger partial charge on any atom is 0.255 e. The number of nitrogens with one attached hydrogen (secondary N) is 3. The van der Waals surface area contributed by atoms with E-state index in [1.54, 1.807) is 60.7 Å².